The van der Waals surface area contributed by atoms with Crippen molar-refractivity contribution in [2.45, 2.75) is 18.9 Å². The Morgan fingerprint density at radius 1 is 1.23 bits per heavy atom. The molecular formula is C23H23F2N5O. The van der Waals surface area contributed by atoms with E-state index in [1.165, 1.54) is 6.08 Å². The number of benzene rings is 1. The number of hydrogen-bond acceptors (Lipinski definition) is 4. The molecule has 0 atom stereocenters. The number of anilines is 1. The molecule has 6 nitrogen and oxygen atoms in total. The average molecular weight is 423 g/mol. The van der Waals surface area contributed by atoms with E-state index in [1.807, 2.05) is 31.4 Å². The van der Waals surface area contributed by atoms with Crippen molar-refractivity contribution in [2.24, 2.45) is 7.05 Å². The van der Waals surface area contributed by atoms with E-state index in [2.05, 4.69) is 15.4 Å². The van der Waals surface area contributed by atoms with Gasteiger partial charge in [0.2, 0.25) is 5.91 Å². The Hall–Kier alpha value is -3.39. The van der Waals surface area contributed by atoms with Crippen molar-refractivity contribution < 1.29 is 13.6 Å². The fourth-order valence-electron chi connectivity index (χ4n) is 3.61. The predicted molar refractivity (Wildman–Crippen MR) is 115 cm³/mol. The second kappa shape index (κ2) is 8.77. The van der Waals surface area contributed by atoms with Gasteiger partial charge in [-0.1, -0.05) is 12.1 Å². The molecule has 0 saturated carbocycles. The molecule has 0 radical (unpaired) electrons. The van der Waals surface area contributed by atoms with Gasteiger partial charge in [-0.05, 0) is 35.4 Å². The van der Waals surface area contributed by atoms with Gasteiger partial charge in [0.25, 0.3) is 5.92 Å². The Labute approximate surface area is 179 Å². The maximum Gasteiger partial charge on any atom is 0.261 e. The molecule has 0 unspecified atom stereocenters. The summed E-state index contributed by atoms with van der Waals surface area (Å²) in [6, 6.07) is 9.12. The van der Waals surface area contributed by atoms with Crippen LogP contribution in [0.4, 0.5) is 14.5 Å². The van der Waals surface area contributed by atoms with Gasteiger partial charge in [-0.25, -0.2) is 8.78 Å². The van der Waals surface area contributed by atoms with E-state index in [1.54, 1.807) is 46.4 Å². The van der Waals surface area contributed by atoms with Gasteiger partial charge in [-0.15, -0.1) is 0 Å². The van der Waals surface area contributed by atoms with Crippen molar-refractivity contribution >= 4 is 17.7 Å². The van der Waals surface area contributed by atoms with Gasteiger partial charge in [0.15, 0.2) is 0 Å². The van der Waals surface area contributed by atoms with E-state index in [-0.39, 0.29) is 18.9 Å². The number of halogens is 2. The molecule has 4 rings (SSSR count). The van der Waals surface area contributed by atoms with Gasteiger partial charge in [0.05, 0.1) is 12.7 Å². The average Bonchev–Trinajstić information content (AvgIpc) is 3.33. The molecule has 1 amide bonds. The second-order valence-electron chi connectivity index (χ2n) is 7.70. The zero-order valence-electron chi connectivity index (χ0n) is 17.1. The number of carbonyl (C=O) groups is 1. The third kappa shape index (κ3) is 5.40. The number of amides is 1. The molecule has 1 aliphatic heterocycles. The Morgan fingerprint density at radius 3 is 2.71 bits per heavy atom. The van der Waals surface area contributed by atoms with Crippen LogP contribution in [0.25, 0.3) is 17.2 Å². The molecule has 3 aromatic rings. The first kappa shape index (κ1) is 20.9. The highest BCUT2D eigenvalue weighted by Crippen LogP contribution is 2.28. The van der Waals surface area contributed by atoms with Crippen molar-refractivity contribution in [1.82, 2.24) is 19.7 Å². The van der Waals surface area contributed by atoms with Crippen LogP contribution in [0, 0.1) is 0 Å². The van der Waals surface area contributed by atoms with Crippen molar-refractivity contribution in [3.63, 3.8) is 0 Å². The van der Waals surface area contributed by atoms with Crippen LogP contribution < -0.4 is 5.32 Å². The molecule has 3 heterocycles. The van der Waals surface area contributed by atoms with Gasteiger partial charge >= 0.3 is 0 Å². The molecule has 1 aliphatic rings. The Morgan fingerprint density at radius 2 is 2.03 bits per heavy atom. The van der Waals surface area contributed by atoms with Gasteiger partial charge in [-0.3, -0.25) is 19.4 Å². The summed E-state index contributed by atoms with van der Waals surface area (Å²) in [7, 11) is 1.85. The molecule has 0 spiro atoms. The smallest absolute Gasteiger partial charge is 0.261 e. The summed E-state index contributed by atoms with van der Waals surface area (Å²) in [4.78, 5) is 18.2. The van der Waals surface area contributed by atoms with E-state index in [4.69, 9.17) is 0 Å². The summed E-state index contributed by atoms with van der Waals surface area (Å²) < 4.78 is 28.4. The number of alkyl halides is 2. The summed E-state index contributed by atoms with van der Waals surface area (Å²) in [6.45, 7) is 0.666. The van der Waals surface area contributed by atoms with Crippen LogP contribution in [0.5, 0.6) is 0 Å². The van der Waals surface area contributed by atoms with E-state index in [0.717, 1.165) is 22.3 Å². The lowest BCUT2D eigenvalue weighted by Gasteiger charge is -2.15. The molecule has 0 aliphatic carbocycles. The molecule has 31 heavy (non-hydrogen) atoms. The van der Waals surface area contributed by atoms with Crippen LogP contribution >= 0.6 is 0 Å². The predicted octanol–water partition coefficient (Wildman–Crippen LogP) is 3.98. The lowest BCUT2D eigenvalue weighted by molar-refractivity contribution is -0.111. The molecule has 1 aromatic carbocycles. The van der Waals surface area contributed by atoms with Crippen molar-refractivity contribution in [3.8, 4) is 11.1 Å². The zero-order chi connectivity index (χ0) is 21.8. The number of nitrogens with one attached hydrogen (secondary N) is 1. The maximum absolute atomic E-state index is 13.3. The largest absolute Gasteiger partial charge is 0.323 e. The monoisotopic (exact) mass is 423 g/mol. The highest BCUT2D eigenvalue weighted by Gasteiger charge is 2.37. The SMILES string of the molecule is Cn1cc(-c2ccncc2/C=C/C(=O)Nc2ccc(CN3CCC(F)(F)C3)cc2)cn1. The minimum atomic E-state index is -2.59. The number of aryl methyl sites for hydroxylation is 1. The second-order valence-corrected chi connectivity index (χ2v) is 7.70. The maximum atomic E-state index is 13.3. The molecule has 8 heteroatoms. The molecular weight excluding hydrogens is 400 g/mol. The molecule has 1 saturated heterocycles. The molecule has 160 valence electrons. The minimum absolute atomic E-state index is 0.0904. The van der Waals surface area contributed by atoms with Crippen LogP contribution in [0.3, 0.4) is 0 Å². The van der Waals surface area contributed by atoms with Crippen LogP contribution in [0.1, 0.15) is 17.5 Å². The number of pyridine rings is 1. The van der Waals surface area contributed by atoms with Crippen molar-refractivity contribution in [3.05, 3.63) is 72.3 Å². The molecule has 0 bridgehead atoms. The summed E-state index contributed by atoms with van der Waals surface area (Å²) in [6.07, 6.45) is 10.1. The summed E-state index contributed by atoms with van der Waals surface area (Å²) in [5.74, 6) is -2.86. The number of nitrogens with zero attached hydrogens (tertiary/aromatic N) is 4. The highest BCUT2D eigenvalue weighted by atomic mass is 19.3. The van der Waals surface area contributed by atoms with Gasteiger partial charge in [0.1, 0.15) is 0 Å². The molecule has 1 N–H and O–H groups in total. The summed E-state index contributed by atoms with van der Waals surface area (Å²) >= 11 is 0. The first-order chi connectivity index (χ1) is 14.9. The standard InChI is InChI=1S/C23H23F2N5O/c1-29-15-19(13-27-29)21-8-10-26-12-18(21)4-7-22(31)28-20-5-2-17(3-6-20)14-30-11-9-23(24,25)16-30/h2-8,10,12-13,15H,9,11,14,16H2,1H3,(H,28,31)/b7-4+. The van der Waals surface area contributed by atoms with Gasteiger partial charge < -0.3 is 5.32 Å². The summed E-state index contributed by atoms with van der Waals surface area (Å²) in [5, 5.41) is 7.00. The third-order valence-electron chi connectivity index (χ3n) is 5.16. The molecule has 2 aromatic heterocycles. The Balaban J connectivity index is 1.37. The van der Waals surface area contributed by atoms with Crippen LogP contribution in [-0.2, 0) is 18.4 Å². The van der Waals surface area contributed by atoms with E-state index < -0.39 is 5.92 Å². The van der Waals surface area contributed by atoms with E-state index in [9.17, 15) is 13.6 Å². The number of rotatable bonds is 6. The quantitative estimate of drug-likeness (QED) is 0.610. The number of aromatic nitrogens is 3. The van der Waals surface area contributed by atoms with Crippen LogP contribution in [0.15, 0.2) is 61.2 Å². The first-order valence-electron chi connectivity index (χ1n) is 9.99. The zero-order valence-corrected chi connectivity index (χ0v) is 17.1. The van der Waals surface area contributed by atoms with E-state index >= 15 is 0 Å². The van der Waals surface area contributed by atoms with Crippen LogP contribution in [-0.4, -0.2) is 44.6 Å². The fourth-order valence-corrected chi connectivity index (χ4v) is 3.61. The number of carbonyl (C=O) groups excluding carboxylic acids is 1. The highest BCUT2D eigenvalue weighted by molar-refractivity contribution is 6.02. The Kier molecular flexibility index (Phi) is 5.90. The fraction of sp³-hybridized carbons (Fsp3) is 0.261. The van der Waals surface area contributed by atoms with Gasteiger partial charge in [-0.2, -0.15) is 5.10 Å². The van der Waals surface area contributed by atoms with Gasteiger partial charge in [0, 0.05) is 68.0 Å². The Bertz CT molecular complexity index is 1090. The lowest BCUT2D eigenvalue weighted by atomic mass is 10.0. The van der Waals surface area contributed by atoms with E-state index in [0.29, 0.717) is 18.8 Å². The summed E-state index contributed by atoms with van der Waals surface area (Å²) in [5.41, 5.74) is 4.26. The first-order valence-corrected chi connectivity index (χ1v) is 9.99. The number of likely N-dealkylation sites (tertiary alicyclic amines) is 1. The van der Waals surface area contributed by atoms with Crippen molar-refractivity contribution in [2.75, 3.05) is 18.4 Å². The third-order valence-corrected chi connectivity index (χ3v) is 5.16. The normalized spacial score (nSPS) is 16.1. The minimum Gasteiger partial charge on any atom is -0.323 e. The topological polar surface area (TPSA) is 63.1 Å². The molecule has 1 fully saturated rings. The number of hydrogen-bond donors (Lipinski definition) is 1. The van der Waals surface area contributed by atoms with Crippen LogP contribution in [0.2, 0.25) is 0 Å². The lowest BCUT2D eigenvalue weighted by Crippen LogP contribution is -2.24. The van der Waals surface area contributed by atoms with Crippen molar-refractivity contribution in [1.29, 1.82) is 0 Å².